The molecule has 0 aliphatic rings. The molecule has 0 unspecified atom stereocenters. The van der Waals surface area contributed by atoms with E-state index in [0.717, 1.165) is 29.4 Å². The number of benzene rings is 1. The predicted octanol–water partition coefficient (Wildman–Crippen LogP) is 2.17. The highest BCUT2D eigenvalue weighted by Crippen LogP contribution is 2.32. The van der Waals surface area contributed by atoms with Crippen molar-refractivity contribution in [2.45, 2.75) is 19.3 Å². The van der Waals surface area contributed by atoms with Crippen molar-refractivity contribution >= 4 is 11.6 Å². The zero-order chi connectivity index (χ0) is 12.9. The number of nitrogens with two attached hydrogens (primary N) is 1. The summed E-state index contributed by atoms with van der Waals surface area (Å²) in [7, 11) is 1.64. The van der Waals surface area contributed by atoms with Gasteiger partial charge in [-0.25, -0.2) is 0 Å². The molecule has 3 nitrogen and oxygen atoms in total. The molecule has 0 bridgehead atoms. The number of hydrogen-bond acceptors (Lipinski definition) is 3. The fourth-order valence-electron chi connectivity index (χ4n) is 1.77. The molecule has 0 fully saturated rings. The van der Waals surface area contributed by atoms with Gasteiger partial charge in [0, 0.05) is 30.1 Å². The van der Waals surface area contributed by atoms with Crippen LogP contribution in [0.4, 0.5) is 0 Å². The third-order valence-corrected chi connectivity index (χ3v) is 3.11. The first-order chi connectivity index (χ1) is 8.01. The van der Waals surface area contributed by atoms with Gasteiger partial charge in [0.05, 0.1) is 7.11 Å². The standard InChI is InChI=1S/C13H21ClN2O/c1-13(2,9-16-7-6-15)11-5-4-10(17-3)8-12(11)14/h4-5,8,16H,6-7,9,15H2,1-3H3. The average Bonchev–Trinajstić information content (AvgIpc) is 2.28. The summed E-state index contributed by atoms with van der Waals surface area (Å²) in [6.07, 6.45) is 0. The van der Waals surface area contributed by atoms with Crippen LogP contribution in [-0.4, -0.2) is 26.7 Å². The Morgan fingerprint density at radius 2 is 2.12 bits per heavy atom. The van der Waals surface area contributed by atoms with Crippen molar-refractivity contribution < 1.29 is 4.74 Å². The molecular formula is C13H21ClN2O. The number of rotatable bonds is 6. The molecule has 96 valence electrons. The molecule has 0 spiro atoms. The minimum Gasteiger partial charge on any atom is -0.497 e. The molecule has 0 radical (unpaired) electrons. The minimum absolute atomic E-state index is 0.0292. The Balaban J connectivity index is 2.82. The van der Waals surface area contributed by atoms with Gasteiger partial charge >= 0.3 is 0 Å². The molecule has 0 aliphatic heterocycles. The van der Waals surface area contributed by atoms with Crippen LogP contribution in [0.5, 0.6) is 5.75 Å². The van der Waals surface area contributed by atoms with Crippen LogP contribution in [-0.2, 0) is 5.41 Å². The second-order valence-corrected chi connectivity index (χ2v) is 5.10. The van der Waals surface area contributed by atoms with E-state index in [0.29, 0.717) is 6.54 Å². The molecular weight excluding hydrogens is 236 g/mol. The van der Waals surface area contributed by atoms with Gasteiger partial charge in [-0.15, -0.1) is 0 Å². The van der Waals surface area contributed by atoms with E-state index in [1.165, 1.54) is 0 Å². The molecule has 0 aromatic heterocycles. The molecule has 1 aromatic carbocycles. The molecule has 4 heteroatoms. The largest absolute Gasteiger partial charge is 0.497 e. The molecule has 0 aliphatic carbocycles. The average molecular weight is 257 g/mol. The van der Waals surface area contributed by atoms with Gasteiger partial charge in [0.15, 0.2) is 0 Å². The molecule has 0 amide bonds. The van der Waals surface area contributed by atoms with Crippen molar-refractivity contribution in [3.8, 4) is 5.75 Å². The van der Waals surface area contributed by atoms with Crippen LogP contribution in [0.1, 0.15) is 19.4 Å². The van der Waals surface area contributed by atoms with Crippen molar-refractivity contribution in [1.29, 1.82) is 0 Å². The quantitative estimate of drug-likeness (QED) is 0.767. The molecule has 17 heavy (non-hydrogen) atoms. The third-order valence-electron chi connectivity index (χ3n) is 2.79. The van der Waals surface area contributed by atoms with Gasteiger partial charge in [-0.3, -0.25) is 0 Å². The molecule has 0 heterocycles. The Labute approximate surface area is 108 Å². The molecule has 0 saturated heterocycles. The summed E-state index contributed by atoms with van der Waals surface area (Å²) >= 11 is 6.27. The van der Waals surface area contributed by atoms with E-state index in [-0.39, 0.29) is 5.41 Å². The van der Waals surface area contributed by atoms with E-state index in [1.54, 1.807) is 7.11 Å². The summed E-state index contributed by atoms with van der Waals surface area (Å²) < 4.78 is 5.14. The lowest BCUT2D eigenvalue weighted by Gasteiger charge is -2.27. The highest BCUT2D eigenvalue weighted by atomic mass is 35.5. The van der Waals surface area contributed by atoms with E-state index in [2.05, 4.69) is 19.2 Å². The smallest absolute Gasteiger partial charge is 0.120 e. The summed E-state index contributed by atoms with van der Waals surface area (Å²) in [6, 6.07) is 5.80. The second-order valence-electron chi connectivity index (χ2n) is 4.70. The Kier molecular flexibility index (Phi) is 5.25. The first kappa shape index (κ1) is 14.3. The Morgan fingerprint density at radius 3 is 2.65 bits per heavy atom. The maximum Gasteiger partial charge on any atom is 0.120 e. The normalized spacial score (nSPS) is 11.6. The lowest BCUT2D eigenvalue weighted by atomic mass is 9.84. The van der Waals surface area contributed by atoms with Gasteiger partial charge < -0.3 is 15.8 Å². The van der Waals surface area contributed by atoms with E-state index in [1.807, 2.05) is 18.2 Å². The highest BCUT2D eigenvalue weighted by molar-refractivity contribution is 6.31. The second kappa shape index (κ2) is 6.24. The zero-order valence-corrected chi connectivity index (χ0v) is 11.5. The summed E-state index contributed by atoms with van der Waals surface area (Å²) in [6.45, 7) is 6.62. The minimum atomic E-state index is -0.0292. The van der Waals surface area contributed by atoms with Gasteiger partial charge in [-0.05, 0) is 17.7 Å². The van der Waals surface area contributed by atoms with E-state index in [4.69, 9.17) is 22.1 Å². The first-order valence-corrected chi connectivity index (χ1v) is 6.14. The fraction of sp³-hybridized carbons (Fsp3) is 0.538. The van der Waals surface area contributed by atoms with Crippen LogP contribution in [0.2, 0.25) is 5.02 Å². The number of methoxy groups -OCH3 is 1. The number of nitrogens with one attached hydrogen (secondary N) is 1. The van der Waals surface area contributed by atoms with E-state index >= 15 is 0 Å². The van der Waals surface area contributed by atoms with Crippen molar-refractivity contribution in [3.05, 3.63) is 28.8 Å². The van der Waals surface area contributed by atoms with Crippen LogP contribution in [0.15, 0.2) is 18.2 Å². The van der Waals surface area contributed by atoms with Gasteiger partial charge in [-0.1, -0.05) is 31.5 Å². The molecule has 1 rings (SSSR count). The van der Waals surface area contributed by atoms with Crippen molar-refractivity contribution in [2.75, 3.05) is 26.7 Å². The van der Waals surface area contributed by atoms with Crippen LogP contribution in [0.25, 0.3) is 0 Å². The molecule has 1 aromatic rings. The van der Waals surface area contributed by atoms with Gasteiger partial charge in [0.25, 0.3) is 0 Å². The first-order valence-electron chi connectivity index (χ1n) is 5.76. The van der Waals surface area contributed by atoms with Crippen LogP contribution in [0.3, 0.4) is 0 Å². The number of ether oxygens (including phenoxy) is 1. The Bertz CT molecular complexity index is 366. The van der Waals surface area contributed by atoms with Gasteiger partial charge in [0.1, 0.15) is 5.75 Å². The third kappa shape index (κ3) is 3.87. The highest BCUT2D eigenvalue weighted by Gasteiger charge is 2.23. The van der Waals surface area contributed by atoms with Crippen LogP contribution in [0, 0.1) is 0 Å². The van der Waals surface area contributed by atoms with Crippen molar-refractivity contribution in [1.82, 2.24) is 5.32 Å². The van der Waals surface area contributed by atoms with E-state index < -0.39 is 0 Å². The lowest BCUT2D eigenvalue weighted by molar-refractivity contribution is 0.413. The lowest BCUT2D eigenvalue weighted by Crippen LogP contribution is -2.35. The maximum atomic E-state index is 6.27. The van der Waals surface area contributed by atoms with Crippen LogP contribution >= 0.6 is 11.6 Å². The van der Waals surface area contributed by atoms with Crippen LogP contribution < -0.4 is 15.8 Å². The summed E-state index contributed by atoms with van der Waals surface area (Å²) in [5.41, 5.74) is 6.55. The van der Waals surface area contributed by atoms with Crippen molar-refractivity contribution in [2.24, 2.45) is 5.73 Å². The summed E-state index contributed by atoms with van der Waals surface area (Å²) in [4.78, 5) is 0. The summed E-state index contributed by atoms with van der Waals surface area (Å²) in [5, 5.41) is 4.05. The zero-order valence-electron chi connectivity index (χ0n) is 10.7. The summed E-state index contributed by atoms with van der Waals surface area (Å²) in [5.74, 6) is 0.782. The van der Waals surface area contributed by atoms with E-state index in [9.17, 15) is 0 Å². The maximum absolute atomic E-state index is 6.27. The number of halogens is 1. The molecule has 0 saturated carbocycles. The number of hydrogen-bond donors (Lipinski definition) is 2. The fourth-order valence-corrected chi connectivity index (χ4v) is 2.20. The Hall–Kier alpha value is -0.770. The topological polar surface area (TPSA) is 47.3 Å². The SMILES string of the molecule is COc1ccc(C(C)(C)CNCCN)c(Cl)c1. The Morgan fingerprint density at radius 1 is 1.41 bits per heavy atom. The molecule has 0 atom stereocenters. The van der Waals surface area contributed by atoms with Gasteiger partial charge in [-0.2, -0.15) is 0 Å². The van der Waals surface area contributed by atoms with Gasteiger partial charge in [0.2, 0.25) is 0 Å². The molecule has 3 N–H and O–H groups in total. The monoisotopic (exact) mass is 256 g/mol. The predicted molar refractivity (Wildman–Crippen MR) is 73.0 cm³/mol. The van der Waals surface area contributed by atoms with Crippen molar-refractivity contribution in [3.63, 3.8) is 0 Å².